The molecule has 0 radical (unpaired) electrons. The molecule has 2 aromatic rings. The lowest BCUT2D eigenvalue weighted by molar-refractivity contribution is -0.230. The van der Waals surface area contributed by atoms with Crippen molar-refractivity contribution in [1.82, 2.24) is 0 Å². The predicted molar refractivity (Wildman–Crippen MR) is 487 cm³/mol. The second kappa shape index (κ2) is 37.8. The summed E-state index contributed by atoms with van der Waals surface area (Å²) >= 11 is 0. The van der Waals surface area contributed by atoms with Gasteiger partial charge in [-0.05, 0) is 378 Å². The van der Waals surface area contributed by atoms with Crippen LogP contribution in [0.1, 0.15) is 467 Å². The first-order valence-corrected chi connectivity index (χ1v) is 48.3. The summed E-state index contributed by atoms with van der Waals surface area (Å²) in [5.74, 6) is 16.7. The van der Waals surface area contributed by atoms with E-state index in [9.17, 15) is 4.39 Å². The van der Waals surface area contributed by atoms with Gasteiger partial charge in [-0.2, -0.15) is 0 Å². The second-order valence-corrected chi connectivity index (χ2v) is 49.0. The smallest absolute Gasteiger partial charge is 0.108 e. The Hall–Kier alpha value is -1.63. The van der Waals surface area contributed by atoms with Gasteiger partial charge in [0.25, 0.3) is 0 Å². The topological polar surface area (TPSA) is 0 Å². The predicted octanol–water partition coefficient (Wildman–Crippen LogP) is 35.5. The van der Waals surface area contributed by atoms with Gasteiger partial charge in [0, 0.05) is 0 Å². The number of halogens is 1. The molecule has 23 saturated carbocycles. The van der Waals surface area contributed by atoms with Crippen molar-refractivity contribution in [2.24, 2.45) is 154 Å². The van der Waals surface area contributed by atoms with Crippen LogP contribution in [0.15, 0.2) is 48.5 Å². The summed E-state index contributed by atoms with van der Waals surface area (Å²) < 4.78 is 12.8. The number of fused-ring (bicyclic) bond motifs is 5. The van der Waals surface area contributed by atoms with Crippen molar-refractivity contribution in [2.45, 2.75) is 464 Å². The summed E-state index contributed by atoms with van der Waals surface area (Å²) in [5, 5.41) is 0. The molecule has 23 aliphatic carbocycles. The molecule has 0 nitrogen and oxygen atoms in total. The normalized spacial score (nSPS) is 38.4. The Morgan fingerprint density at radius 2 is 0.555 bits per heavy atom. The first-order chi connectivity index (χ1) is 50.5. The summed E-state index contributed by atoms with van der Waals surface area (Å²) in [7, 11) is 0. The molecule has 636 valence electrons. The number of rotatable bonds is 13. The van der Waals surface area contributed by atoms with Crippen LogP contribution in [0.4, 0.5) is 4.39 Å². The van der Waals surface area contributed by atoms with Crippen molar-refractivity contribution in [1.29, 1.82) is 0 Å². The fraction of sp³-hybridized carbons (Fsp3) is 0.890. The van der Waals surface area contributed by atoms with Crippen LogP contribution >= 0.6 is 0 Å². The van der Waals surface area contributed by atoms with Crippen LogP contribution in [0, 0.1) is 168 Å². The molecule has 0 spiro atoms. The van der Waals surface area contributed by atoms with E-state index >= 15 is 0 Å². The third-order valence-electron chi connectivity index (χ3n) is 36.5. The molecule has 0 aromatic heterocycles. The lowest BCUT2D eigenvalue weighted by atomic mass is 9.32. The monoisotopic (exact) mass is 1520 g/mol. The van der Waals surface area contributed by atoms with E-state index in [0.717, 1.165) is 155 Å². The Balaban J connectivity index is 0.000000167. The summed E-state index contributed by atoms with van der Waals surface area (Å²) in [6.07, 6.45) is 52.0. The molecule has 0 saturated heterocycles. The van der Waals surface area contributed by atoms with E-state index in [-0.39, 0.29) is 7.43 Å². The van der Waals surface area contributed by atoms with Gasteiger partial charge in [0.15, 0.2) is 0 Å². The molecule has 25 rings (SSSR count). The van der Waals surface area contributed by atoms with Crippen LogP contribution in [0.5, 0.6) is 0 Å². The van der Waals surface area contributed by atoms with E-state index in [4.69, 9.17) is 0 Å². The lowest BCUT2D eigenvalue weighted by Gasteiger charge is -2.73. The van der Waals surface area contributed by atoms with Gasteiger partial charge in [-0.3, -0.25) is 0 Å². The second-order valence-electron chi connectivity index (χ2n) is 49.0. The van der Waals surface area contributed by atoms with Crippen LogP contribution < -0.4 is 0 Å². The van der Waals surface area contributed by atoms with Gasteiger partial charge in [0.05, 0.1) is 0 Å². The fourth-order valence-corrected chi connectivity index (χ4v) is 26.2. The van der Waals surface area contributed by atoms with Crippen molar-refractivity contribution >= 4 is 0 Å². The minimum Gasteiger partial charge on any atom is -0.244 e. The Kier molecular flexibility index (Phi) is 32.8. The Bertz CT molecular complexity index is 2720. The van der Waals surface area contributed by atoms with Gasteiger partial charge in [-0.15, -0.1) is 0 Å². The van der Waals surface area contributed by atoms with E-state index in [0.29, 0.717) is 23.7 Å². The van der Waals surface area contributed by atoms with E-state index in [2.05, 4.69) is 256 Å². The third-order valence-corrected chi connectivity index (χ3v) is 36.5. The highest BCUT2D eigenvalue weighted by Crippen LogP contribution is 2.79. The minimum absolute atomic E-state index is 0. The Morgan fingerprint density at radius 3 is 0.682 bits per heavy atom. The van der Waals surface area contributed by atoms with E-state index in [1.54, 1.807) is 51.9 Å². The molecule has 2 aromatic carbocycles. The Labute approximate surface area is 689 Å². The first-order valence-electron chi connectivity index (χ1n) is 48.3. The van der Waals surface area contributed by atoms with Crippen LogP contribution in [0.2, 0.25) is 0 Å². The van der Waals surface area contributed by atoms with Gasteiger partial charge in [0.1, 0.15) is 5.67 Å². The molecule has 0 amide bonds. The zero-order chi connectivity index (χ0) is 81.1. The third kappa shape index (κ3) is 22.8. The van der Waals surface area contributed by atoms with Crippen molar-refractivity contribution < 1.29 is 4.39 Å². The molecule has 0 heterocycles. The van der Waals surface area contributed by atoms with Gasteiger partial charge < -0.3 is 0 Å². The summed E-state index contributed by atoms with van der Waals surface area (Å²) in [6.45, 7) is 71.5. The summed E-state index contributed by atoms with van der Waals surface area (Å²) in [5.41, 5.74) is 13.8. The highest BCUT2D eigenvalue weighted by Gasteiger charge is 2.69. The first kappa shape index (κ1) is 95.5. The lowest BCUT2D eigenvalue weighted by Crippen LogP contribution is -2.63. The van der Waals surface area contributed by atoms with E-state index in [1.165, 1.54) is 189 Å². The number of hydrogen-bond acceptors (Lipinski definition) is 0. The number of alkyl halides is 1. The van der Waals surface area contributed by atoms with Gasteiger partial charge in [0.2, 0.25) is 0 Å². The van der Waals surface area contributed by atoms with Gasteiger partial charge in [-0.25, -0.2) is 4.39 Å². The number of hydrogen-bond donors (Lipinski definition) is 0. The van der Waals surface area contributed by atoms with Crippen LogP contribution in [-0.2, 0) is 0 Å². The van der Waals surface area contributed by atoms with E-state index in [1.807, 2.05) is 0 Å². The molecule has 0 unspecified atom stereocenters. The maximum atomic E-state index is 12.8. The summed E-state index contributed by atoms with van der Waals surface area (Å²) in [4.78, 5) is 0. The van der Waals surface area contributed by atoms with Crippen LogP contribution in [0.3, 0.4) is 0 Å². The maximum absolute atomic E-state index is 12.8. The molecular formula is C109H193F. The SMILES string of the molecule is C.CC(C)C12CC(C)(C1)C2.CC(C)C12CC(C)(C1)C2.CC(C)C12CC(C)(C1)C2.CC(C)C12CC(C1)C2.CC(C)C12CCC(CC1)C2.CC(C)C12CCC(CC1)CC2.CC(C)C1CC(C)(F)C1.CC(C)C1CCC1.CC(C)C1CCC1.CCC12CC(C(C)C)(C1)C2.Cc1ccc(C(C)C)cc1.Cc1ccc(C(C)C)cc1. The zero-order valence-corrected chi connectivity index (χ0v) is 79.1. The highest BCUT2D eigenvalue weighted by atomic mass is 19.1. The van der Waals surface area contributed by atoms with Gasteiger partial charge >= 0.3 is 0 Å². The molecule has 23 aliphatic rings. The van der Waals surface area contributed by atoms with Crippen LogP contribution in [0.25, 0.3) is 0 Å². The van der Waals surface area contributed by atoms with E-state index < -0.39 is 5.67 Å². The fourth-order valence-electron chi connectivity index (χ4n) is 26.2. The molecule has 23 fully saturated rings. The molecule has 0 N–H and O–H groups in total. The average molecular weight is 1520 g/mol. The molecule has 110 heavy (non-hydrogen) atoms. The Morgan fingerprint density at radius 1 is 0.300 bits per heavy atom. The van der Waals surface area contributed by atoms with Crippen molar-refractivity contribution in [3.8, 4) is 0 Å². The number of aryl methyl sites for hydroxylation is 2. The standard InChI is InChI=1S/C11H20.2C10H18.2C10H14.3C9H16.C8H15F.C8H14.2C7H14.CH4/c1-9(2)11-6-3-10(4-7-11)5-8-11;1-8(2)10-5-3-9(7-10)4-6-10;1-4-9-5-10(6-9,7-9)8(2)3;2*1-8(2)10-6-4-9(3)5-7-10;3*1-7(2)9-4-8(3,5-9)6-9;1-6(2)7-4-8(3,9)5-7;1-6(2)8-3-7(4-8)5-8;2*1-6(2)7-4-3-5-7;/h9-10H,3-8H2,1-2H3;8-9H,3-7H2,1-2H3;8H,4-7H2,1-3H3;2*4-8H,1-3H3;3*7H,4-6H2,1-3H3;6-7H,4-5H2,1-3H3;6-7H,3-5H2,1-2H3;2*6-7H,3-5H2,1-2H3;1H4. The van der Waals surface area contributed by atoms with Crippen molar-refractivity contribution in [3.63, 3.8) is 0 Å². The quantitative estimate of drug-likeness (QED) is 0.188. The van der Waals surface area contributed by atoms with Gasteiger partial charge in [-0.1, -0.05) is 306 Å². The maximum Gasteiger partial charge on any atom is 0.108 e. The van der Waals surface area contributed by atoms with Crippen molar-refractivity contribution in [2.75, 3.05) is 0 Å². The number of benzene rings is 2. The molecule has 0 atom stereocenters. The van der Waals surface area contributed by atoms with Crippen molar-refractivity contribution in [3.05, 3.63) is 70.8 Å². The largest absolute Gasteiger partial charge is 0.244 e. The highest BCUT2D eigenvalue weighted by molar-refractivity contribution is 5.25. The summed E-state index contributed by atoms with van der Waals surface area (Å²) in [6, 6.07) is 17.4. The molecule has 14 bridgehead atoms. The van der Waals surface area contributed by atoms with Crippen LogP contribution in [-0.4, -0.2) is 5.67 Å². The molecule has 0 aliphatic heterocycles. The minimum atomic E-state index is -0.824. The molecule has 1 heteroatoms. The molecular weight excluding hydrogens is 1330 g/mol. The zero-order valence-electron chi connectivity index (χ0n) is 79.1. The average Bonchev–Trinajstić information content (AvgIpc) is 0.714.